The first kappa shape index (κ1) is 23.9. The number of benzene rings is 2. The predicted octanol–water partition coefficient (Wildman–Crippen LogP) is 6.95. The molecule has 2 aliphatic rings. The number of nitrogens with zero attached hydrogens (tertiary/aromatic N) is 2. The molecule has 0 atom stereocenters. The maximum Gasteiger partial charge on any atom is 0.133 e. The third-order valence-electron chi connectivity index (χ3n) is 7.20. The molecule has 178 valence electrons. The lowest BCUT2D eigenvalue weighted by Crippen LogP contribution is -2.41. The lowest BCUT2D eigenvalue weighted by atomic mass is 9.90. The minimum Gasteiger partial charge on any atom is -0.371 e. The summed E-state index contributed by atoms with van der Waals surface area (Å²) < 4.78 is 28.7. The van der Waals surface area contributed by atoms with Crippen molar-refractivity contribution in [2.75, 3.05) is 32.7 Å². The number of rotatable bonds is 8. The summed E-state index contributed by atoms with van der Waals surface area (Å²) in [7, 11) is 0. The zero-order chi connectivity index (χ0) is 23.4. The van der Waals surface area contributed by atoms with Crippen LogP contribution in [-0.4, -0.2) is 48.2 Å². The molecular weight excluding hydrogens is 414 g/mol. The molecule has 0 spiro atoms. The van der Waals surface area contributed by atoms with Gasteiger partial charge in [0.2, 0.25) is 0 Å². The van der Waals surface area contributed by atoms with Crippen LogP contribution in [0, 0.1) is 11.7 Å². The van der Waals surface area contributed by atoms with Gasteiger partial charge in [0.1, 0.15) is 11.5 Å². The molecule has 0 saturated carbocycles. The van der Waals surface area contributed by atoms with Crippen LogP contribution in [0.3, 0.4) is 0 Å². The molecule has 4 rings (SSSR count). The summed E-state index contributed by atoms with van der Waals surface area (Å²) in [4.78, 5) is 4.44. The summed E-state index contributed by atoms with van der Waals surface area (Å²) in [5.74, 6) is 0.518. The van der Waals surface area contributed by atoms with Gasteiger partial charge in [0.05, 0.1) is 0 Å². The predicted molar refractivity (Wildman–Crippen MR) is 134 cm³/mol. The summed E-state index contributed by atoms with van der Waals surface area (Å²) in [5.41, 5.74) is 3.56. The number of halogens is 2. The third kappa shape index (κ3) is 6.44. The van der Waals surface area contributed by atoms with Crippen molar-refractivity contribution in [3.05, 3.63) is 66.0 Å². The van der Waals surface area contributed by atoms with Crippen molar-refractivity contribution < 1.29 is 8.78 Å². The summed E-state index contributed by atoms with van der Waals surface area (Å²) in [6.07, 6.45) is 6.85. The molecule has 2 nitrogen and oxygen atoms in total. The third-order valence-corrected chi connectivity index (χ3v) is 7.20. The summed E-state index contributed by atoms with van der Waals surface area (Å²) in [6, 6.07) is 14.1. The standard InChI is InChI=1S/C29H38F2N2/c1-22(33-16-4-5-17-33)27-13-12-26(20-28(27)30)25-10-8-23(9-11-25)6-7-24-14-18-32(19-15-24)21-29(2,3)31/h8-13,20,24H,1,4-7,14-19,21H2,2-3H3. The van der Waals surface area contributed by atoms with Crippen molar-refractivity contribution in [3.8, 4) is 11.1 Å². The molecule has 0 aromatic heterocycles. The Morgan fingerprint density at radius 3 is 2.21 bits per heavy atom. The Bertz CT molecular complexity index is 931. The molecular formula is C29H38F2N2. The number of likely N-dealkylation sites (tertiary alicyclic amines) is 2. The van der Waals surface area contributed by atoms with E-state index in [1.54, 1.807) is 19.9 Å². The molecule has 0 amide bonds. The second kappa shape index (κ2) is 10.4. The zero-order valence-electron chi connectivity index (χ0n) is 20.3. The summed E-state index contributed by atoms with van der Waals surface area (Å²) in [6.45, 7) is 11.9. The van der Waals surface area contributed by atoms with Gasteiger partial charge in [-0.3, -0.25) is 0 Å². The largest absolute Gasteiger partial charge is 0.371 e. The molecule has 0 aliphatic carbocycles. The molecule has 2 heterocycles. The van der Waals surface area contributed by atoms with Crippen molar-refractivity contribution >= 4 is 5.70 Å². The van der Waals surface area contributed by atoms with Gasteiger partial charge in [0, 0.05) is 30.9 Å². The van der Waals surface area contributed by atoms with Crippen molar-refractivity contribution in [2.24, 2.45) is 5.92 Å². The van der Waals surface area contributed by atoms with Gasteiger partial charge in [-0.2, -0.15) is 0 Å². The van der Waals surface area contributed by atoms with Gasteiger partial charge in [-0.15, -0.1) is 0 Å². The lowest BCUT2D eigenvalue weighted by Gasteiger charge is -2.34. The van der Waals surface area contributed by atoms with E-state index in [0.717, 1.165) is 75.1 Å². The van der Waals surface area contributed by atoms with Gasteiger partial charge in [0.25, 0.3) is 0 Å². The van der Waals surface area contributed by atoms with Crippen LogP contribution >= 0.6 is 0 Å². The molecule has 4 heteroatoms. The maximum atomic E-state index is 14.9. The Hall–Kier alpha value is -2.20. The van der Waals surface area contributed by atoms with Crippen LogP contribution < -0.4 is 0 Å². The monoisotopic (exact) mass is 452 g/mol. The highest BCUT2D eigenvalue weighted by Crippen LogP contribution is 2.29. The highest BCUT2D eigenvalue weighted by Gasteiger charge is 2.25. The molecule has 2 aromatic rings. The minimum absolute atomic E-state index is 0.198. The fourth-order valence-corrected chi connectivity index (χ4v) is 5.29. The molecule has 33 heavy (non-hydrogen) atoms. The van der Waals surface area contributed by atoms with Crippen LogP contribution in [0.4, 0.5) is 8.78 Å². The molecule has 0 unspecified atom stereocenters. The van der Waals surface area contributed by atoms with E-state index in [4.69, 9.17) is 0 Å². The first-order chi connectivity index (χ1) is 15.8. The molecule has 0 radical (unpaired) electrons. The Morgan fingerprint density at radius 1 is 0.970 bits per heavy atom. The van der Waals surface area contributed by atoms with E-state index in [1.807, 2.05) is 12.1 Å². The van der Waals surface area contributed by atoms with Gasteiger partial charge in [-0.25, -0.2) is 8.78 Å². The number of piperidine rings is 1. The van der Waals surface area contributed by atoms with E-state index in [0.29, 0.717) is 18.0 Å². The molecule has 2 aliphatic heterocycles. The van der Waals surface area contributed by atoms with Gasteiger partial charge in [-0.1, -0.05) is 36.9 Å². The Kier molecular flexibility index (Phi) is 7.53. The highest BCUT2D eigenvalue weighted by atomic mass is 19.1. The van der Waals surface area contributed by atoms with Gasteiger partial charge in [0.15, 0.2) is 0 Å². The van der Waals surface area contributed by atoms with Crippen molar-refractivity contribution in [1.29, 1.82) is 0 Å². The van der Waals surface area contributed by atoms with Gasteiger partial charge < -0.3 is 9.80 Å². The average Bonchev–Trinajstić information content (AvgIpc) is 3.32. The van der Waals surface area contributed by atoms with E-state index >= 15 is 0 Å². The van der Waals surface area contributed by atoms with Crippen molar-refractivity contribution in [2.45, 2.75) is 58.0 Å². The second-order valence-electron chi connectivity index (χ2n) is 10.5. The van der Waals surface area contributed by atoms with E-state index < -0.39 is 5.67 Å². The molecule has 2 saturated heterocycles. The molecule has 2 aromatic carbocycles. The summed E-state index contributed by atoms with van der Waals surface area (Å²) in [5, 5.41) is 0. The number of hydrogen-bond acceptors (Lipinski definition) is 2. The van der Waals surface area contributed by atoms with Crippen LogP contribution in [0.25, 0.3) is 16.8 Å². The van der Waals surface area contributed by atoms with Gasteiger partial charge in [-0.05, 0) is 100 Å². The topological polar surface area (TPSA) is 6.48 Å². The van der Waals surface area contributed by atoms with Crippen molar-refractivity contribution in [1.82, 2.24) is 9.80 Å². The number of alkyl halides is 1. The fourth-order valence-electron chi connectivity index (χ4n) is 5.29. The number of hydrogen-bond donors (Lipinski definition) is 0. The van der Waals surface area contributed by atoms with Crippen LogP contribution in [0.5, 0.6) is 0 Å². The Balaban J connectivity index is 1.30. The lowest BCUT2D eigenvalue weighted by molar-refractivity contribution is 0.0943. The normalized spacial score (nSPS) is 18.1. The Morgan fingerprint density at radius 2 is 1.61 bits per heavy atom. The SMILES string of the molecule is C=C(c1ccc(-c2ccc(CCC3CCN(CC(C)(C)F)CC3)cc2)cc1F)N1CCCC1. The van der Waals surface area contributed by atoms with Crippen LogP contribution in [-0.2, 0) is 6.42 Å². The van der Waals surface area contributed by atoms with E-state index in [1.165, 1.54) is 12.0 Å². The van der Waals surface area contributed by atoms with Gasteiger partial charge >= 0.3 is 0 Å². The fraction of sp³-hybridized carbons (Fsp3) is 0.517. The first-order valence-electron chi connectivity index (χ1n) is 12.5. The van der Waals surface area contributed by atoms with E-state index in [2.05, 4.69) is 40.6 Å². The van der Waals surface area contributed by atoms with Crippen LogP contribution in [0.1, 0.15) is 57.1 Å². The quantitative estimate of drug-likeness (QED) is 0.427. The molecule has 0 bridgehead atoms. The van der Waals surface area contributed by atoms with Crippen LogP contribution in [0.15, 0.2) is 49.0 Å². The average molecular weight is 453 g/mol. The zero-order valence-corrected chi connectivity index (χ0v) is 20.3. The van der Waals surface area contributed by atoms with E-state index in [9.17, 15) is 8.78 Å². The summed E-state index contributed by atoms with van der Waals surface area (Å²) >= 11 is 0. The second-order valence-corrected chi connectivity index (χ2v) is 10.5. The number of aryl methyl sites for hydroxylation is 1. The molecule has 0 N–H and O–H groups in total. The van der Waals surface area contributed by atoms with E-state index in [-0.39, 0.29) is 5.82 Å². The minimum atomic E-state index is -1.11. The Labute approximate surface area is 198 Å². The van der Waals surface area contributed by atoms with Crippen LogP contribution in [0.2, 0.25) is 0 Å². The smallest absolute Gasteiger partial charge is 0.133 e. The molecule has 2 fully saturated rings. The highest BCUT2D eigenvalue weighted by molar-refractivity contribution is 5.69. The first-order valence-corrected chi connectivity index (χ1v) is 12.5. The van der Waals surface area contributed by atoms with Crippen molar-refractivity contribution in [3.63, 3.8) is 0 Å². The maximum absolute atomic E-state index is 14.9.